The molecule has 6 nitrogen and oxygen atoms in total. The molecule has 1 saturated heterocycles. The van der Waals surface area contributed by atoms with Crippen LogP contribution in [0.5, 0.6) is 0 Å². The number of amides is 2. The van der Waals surface area contributed by atoms with Gasteiger partial charge >= 0.3 is 0 Å². The molecule has 0 bridgehead atoms. The Bertz CT molecular complexity index is 986. The molecule has 1 atom stereocenters. The van der Waals surface area contributed by atoms with Gasteiger partial charge in [-0.15, -0.1) is 0 Å². The molecule has 0 aliphatic carbocycles. The third-order valence-electron chi connectivity index (χ3n) is 4.06. The fourth-order valence-electron chi connectivity index (χ4n) is 2.73. The molecule has 28 heavy (non-hydrogen) atoms. The van der Waals surface area contributed by atoms with E-state index in [1.165, 1.54) is 11.8 Å². The Morgan fingerprint density at radius 1 is 1.32 bits per heavy atom. The van der Waals surface area contributed by atoms with E-state index in [-0.39, 0.29) is 18.2 Å². The van der Waals surface area contributed by atoms with E-state index < -0.39 is 5.25 Å². The minimum Gasteiger partial charge on any atom is -0.325 e. The van der Waals surface area contributed by atoms with Crippen molar-refractivity contribution < 1.29 is 9.59 Å². The molecule has 142 valence electrons. The molecule has 1 fully saturated rings. The van der Waals surface area contributed by atoms with Crippen molar-refractivity contribution in [2.75, 3.05) is 11.9 Å². The molecule has 0 aromatic heterocycles. The number of halogens is 1. The molecule has 0 radical (unpaired) electrons. The molecule has 1 N–H and O–H groups in total. The summed E-state index contributed by atoms with van der Waals surface area (Å²) in [4.78, 5) is 31.2. The number of para-hydroxylation sites is 1. The van der Waals surface area contributed by atoms with Crippen LogP contribution >= 0.6 is 23.4 Å². The highest BCUT2D eigenvalue weighted by atomic mass is 35.5. The van der Waals surface area contributed by atoms with Crippen molar-refractivity contribution in [1.29, 1.82) is 5.26 Å². The maximum absolute atomic E-state index is 12.7. The summed E-state index contributed by atoms with van der Waals surface area (Å²) in [6, 6.07) is 15.8. The molecule has 1 unspecified atom stereocenters. The Morgan fingerprint density at radius 2 is 2.11 bits per heavy atom. The number of amidine groups is 1. The van der Waals surface area contributed by atoms with E-state index in [2.05, 4.69) is 10.3 Å². The maximum atomic E-state index is 12.7. The lowest BCUT2D eigenvalue weighted by atomic mass is 10.2. The first-order valence-corrected chi connectivity index (χ1v) is 9.89. The van der Waals surface area contributed by atoms with Gasteiger partial charge in [0.25, 0.3) is 0 Å². The Hall–Kier alpha value is -2.82. The van der Waals surface area contributed by atoms with Gasteiger partial charge in [-0.05, 0) is 37.3 Å². The Kier molecular flexibility index (Phi) is 6.34. The SMILES string of the molecule is CCN1C(=O)C(CC(=O)Nc2ccccc2C#N)SC1=Nc1cccc(Cl)c1. The van der Waals surface area contributed by atoms with Gasteiger partial charge in [-0.1, -0.05) is 41.6 Å². The van der Waals surface area contributed by atoms with Gasteiger partial charge in [-0.3, -0.25) is 14.5 Å². The van der Waals surface area contributed by atoms with Crippen molar-refractivity contribution in [2.24, 2.45) is 4.99 Å². The van der Waals surface area contributed by atoms with Gasteiger partial charge in [0, 0.05) is 18.0 Å². The van der Waals surface area contributed by atoms with E-state index in [0.717, 1.165) is 0 Å². The lowest BCUT2D eigenvalue weighted by Gasteiger charge is -2.13. The summed E-state index contributed by atoms with van der Waals surface area (Å²) < 4.78 is 0. The standard InChI is InChI=1S/C20H17ClN4O2S/c1-2-25-19(27)17(28-20(25)23-15-8-5-7-14(21)10-15)11-18(26)24-16-9-4-3-6-13(16)12-22/h3-10,17H,2,11H2,1H3,(H,24,26). The fraction of sp³-hybridized carbons (Fsp3) is 0.200. The second-order valence-electron chi connectivity index (χ2n) is 5.97. The predicted molar refractivity (Wildman–Crippen MR) is 112 cm³/mol. The van der Waals surface area contributed by atoms with Crippen molar-refractivity contribution in [3.05, 3.63) is 59.1 Å². The van der Waals surface area contributed by atoms with Crippen molar-refractivity contribution in [3.63, 3.8) is 0 Å². The molecule has 1 heterocycles. The normalized spacial score (nSPS) is 17.6. The summed E-state index contributed by atoms with van der Waals surface area (Å²) in [5.41, 5.74) is 1.46. The lowest BCUT2D eigenvalue weighted by molar-refractivity contribution is -0.128. The minimum absolute atomic E-state index is 0.00563. The van der Waals surface area contributed by atoms with E-state index in [4.69, 9.17) is 16.9 Å². The average Bonchev–Trinajstić information content (AvgIpc) is 2.96. The average molecular weight is 413 g/mol. The number of anilines is 1. The number of nitrogens with zero attached hydrogens (tertiary/aromatic N) is 3. The number of nitrogens with one attached hydrogen (secondary N) is 1. The van der Waals surface area contributed by atoms with Gasteiger partial charge in [0.1, 0.15) is 11.3 Å². The number of hydrogen-bond donors (Lipinski definition) is 1. The molecule has 0 saturated carbocycles. The molecular formula is C20H17ClN4O2S. The summed E-state index contributed by atoms with van der Waals surface area (Å²) in [7, 11) is 0. The molecule has 2 aromatic rings. The number of carbonyl (C=O) groups excluding carboxylic acids is 2. The van der Waals surface area contributed by atoms with E-state index in [9.17, 15) is 9.59 Å². The van der Waals surface area contributed by atoms with Crippen LogP contribution < -0.4 is 5.32 Å². The number of hydrogen-bond acceptors (Lipinski definition) is 5. The molecule has 2 amide bonds. The number of thioether (sulfide) groups is 1. The number of aliphatic imine (C=N–C) groups is 1. The Morgan fingerprint density at radius 3 is 2.82 bits per heavy atom. The highest BCUT2D eigenvalue weighted by Gasteiger charge is 2.38. The smallest absolute Gasteiger partial charge is 0.242 e. The van der Waals surface area contributed by atoms with Crippen LogP contribution in [0.1, 0.15) is 18.9 Å². The van der Waals surface area contributed by atoms with Crippen LogP contribution in [-0.4, -0.2) is 33.7 Å². The highest BCUT2D eigenvalue weighted by molar-refractivity contribution is 8.15. The van der Waals surface area contributed by atoms with Crippen LogP contribution in [0, 0.1) is 11.3 Å². The van der Waals surface area contributed by atoms with E-state index in [0.29, 0.717) is 33.7 Å². The zero-order chi connectivity index (χ0) is 20.1. The number of nitriles is 1. The second-order valence-corrected chi connectivity index (χ2v) is 7.58. The van der Waals surface area contributed by atoms with Crippen molar-refractivity contribution in [2.45, 2.75) is 18.6 Å². The quantitative estimate of drug-likeness (QED) is 0.797. The van der Waals surface area contributed by atoms with Crippen LogP contribution in [0.2, 0.25) is 5.02 Å². The third kappa shape index (κ3) is 4.53. The second kappa shape index (κ2) is 8.91. The van der Waals surface area contributed by atoms with Gasteiger partial charge in [-0.25, -0.2) is 4.99 Å². The fourth-order valence-corrected chi connectivity index (χ4v) is 4.14. The van der Waals surface area contributed by atoms with Gasteiger partial charge in [-0.2, -0.15) is 5.26 Å². The first-order valence-electron chi connectivity index (χ1n) is 8.63. The molecule has 1 aliphatic rings. The number of carbonyl (C=O) groups is 2. The summed E-state index contributed by atoms with van der Waals surface area (Å²) in [6.45, 7) is 2.32. The molecule has 0 spiro atoms. The monoisotopic (exact) mass is 412 g/mol. The van der Waals surface area contributed by atoms with Crippen LogP contribution in [0.25, 0.3) is 0 Å². The van der Waals surface area contributed by atoms with Gasteiger partial charge in [0.05, 0.1) is 16.9 Å². The highest BCUT2D eigenvalue weighted by Crippen LogP contribution is 2.32. The number of rotatable bonds is 5. The maximum Gasteiger partial charge on any atom is 0.242 e. The molecule has 8 heteroatoms. The summed E-state index contributed by atoms with van der Waals surface area (Å²) in [6.07, 6.45) is -0.00563. The third-order valence-corrected chi connectivity index (χ3v) is 5.47. The zero-order valence-electron chi connectivity index (χ0n) is 15.1. The van der Waals surface area contributed by atoms with Crippen LogP contribution in [0.4, 0.5) is 11.4 Å². The van der Waals surface area contributed by atoms with E-state index in [1.807, 2.05) is 13.0 Å². The van der Waals surface area contributed by atoms with Crippen molar-refractivity contribution >= 4 is 51.7 Å². The van der Waals surface area contributed by atoms with Gasteiger partial charge in [0.15, 0.2) is 5.17 Å². The van der Waals surface area contributed by atoms with Gasteiger partial charge < -0.3 is 5.32 Å². The molecule has 2 aromatic carbocycles. The number of benzene rings is 2. The lowest BCUT2D eigenvalue weighted by Crippen LogP contribution is -2.33. The zero-order valence-corrected chi connectivity index (χ0v) is 16.6. The Labute approximate surface area is 172 Å². The molecule has 1 aliphatic heterocycles. The first-order chi connectivity index (χ1) is 13.5. The van der Waals surface area contributed by atoms with Crippen LogP contribution in [0.15, 0.2) is 53.5 Å². The van der Waals surface area contributed by atoms with Crippen LogP contribution in [0.3, 0.4) is 0 Å². The topological polar surface area (TPSA) is 85.6 Å². The minimum atomic E-state index is -0.563. The van der Waals surface area contributed by atoms with E-state index in [1.54, 1.807) is 53.4 Å². The predicted octanol–water partition coefficient (Wildman–Crippen LogP) is 4.19. The van der Waals surface area contributed by atoms with E-state index >= 15 is 0 Å². The molecular weight excluding hydrogens is 396 g/mol. The van der Waals surface area contributed by atoms with Crippen molar-refractivity contribution in [3.8, 4) is 6.07 Å². The summed E-state index contributed by atoms with van der Waals surface area (Å²) in [5, 5.41) is 12.4. The Balaban J connectivity index is 1.73. The summed E-state index contributed by atoms with van der Waals surface area (Å²) in [5.74, 6) is -0.481. The van der Waals surface area contributed by atoms with Gasteiger partial charge in [0.2, 0.25) is 11.8 Å². The molecule has 3 rings (SSSR count). The van der Waals surface area contributed by atoms with Crippen LogP contribution in [-0.2, 0) is 9.59 Å². The first kappa shape index (κ1) is 19.9. The van der Waals surface area contributed by atoms with Crippen molar-refractivity contribution in [1.82, 2.24) is 4.90 Å². The largest absolute Gasteiger partial charge is 0.325 e. The summed E-state index contributed by atoms with van der Waals surface area (Å²) >= 11 is 7.25.